The highest BCUT2D eigenvalue weighted by Crippen LogP contribution is 2.45. The van der Waals surface area contributed by atoms with Gasteiger partial charge in [0.1, 0.15) is 23.3 Å². The van der Waals surface area contributed by atoms with E-state index in [1.54, 1.807) is 97.5 Å². The summed E-state index contributed by atoms with van der Waals surface area (Å²) in [5.41, 5.74) is 1.10. The molecule has 2 N–H and O–H groups in total. The van der Waals surface area contributed by atoms with E-state index >= 15 is 8.78 Å². The van der Waals surface area contributed by atoms with Gasteiger partial charge in [0.25, 0.3) is 0 Å². The average Bonchev–Trinajstić information content (AvgIpc) is 0.831. The summed E-state index contributed by atoms with van der Waals surface area (Å²) in [4.78, 5) is 32.0. The first-order valence-electron chi connectivity index (χ1n) is 36.6. The van der Waals surface area contributed by atoms with Crippen LogP contribution in [0, 0.1) is 25.5 Å². The molecule has 2 amide bonds. The van der Waals surface area contributed by atoms with Crippen LogP contribution in [-0.2, 0) is 9.59 Å². The van der Waals surface area contributed by atoms with E-state index in [0.29, 0.717) is 62.1 Å². The molecule has 0 radical (unpaired) electrons. The number of nitrogens with zero attached hydrogens (tertiary/aromatic N) is 8. The van der Waals surface area contributed by atoms with Crippen molar-refractivity contribution in [1.82, 2.24) is 50.0 Å². The van der Waals surface area contributed by atoms with Gasteiger partial charge in [-0.05, 0) is 115 Å². The van der Waals surface area contributed by atoms with Gasteiger partial charge in [-0.2, -0.15) is 0 Å². The Morgan fingerprint density at radius 1 is 0.608 bits per heavy atom. The molecule has 12 nitrogen and oxygen atoms in total. The third-order valence-corrected chi connectivity index (χ3v) is 15.3. The third-order valence-electron chi connectivity index (χ3n) is 15.3. The summed E-state index contributed by atoms with van der Waals surface area (Å²) < 4.78 is 242. The molecule has 4 aromatic rings. The Morgan fingerprint density at radius 2 is 0.986 bits per heavy atom. The Bertz CT molecular complexity index is 3330. The summed E-state index contributed by atoms with van der Waals surface area (Å²) in [5, 5.41) is 21.2. The molecule has 404 valence electrons. The number of amides is 2. The number of hydrogen-bond acceptors (Lipinski definition) is 8. The van der Waals surface area contributed by atoms with E-state index in [1.807, 2.05) is 0 Å². The maximum Gasteiger partial charge on any atom is 0.248 e. The van der Waals surface area contributed by atoms with Crippen molar-refractivity contribution in [3.05, 3.63) is 95.1 Å². The van der Waals surface area contributed by atoms with Crippen molar-refractivity contribution >= 4 is 11.8 Å². The molecule has 2 saturated carbocycles. The molecule has 4 saturated heterocycles. The van der Waals surface area contributed by atoms with Gasteiger partial charge in [0.2, 0.25) is 23.7 Å². The Morgan fingerprint density at radius 3 is 1.35 bits per heavy atom. The van der Waals surface area contributed by atoms with Gasteiger partial charge >= 0.3 is 0 Å². The second kappa shape index (κ2) is 23.3. The van der Waals surface area contributed by atoms with E-state index in [1.165, 1.54) is 0 Å². The molecule has 16 heteroatoms. The van der Waals surface area contributed by atoms with E-state index in [-0.39, 0.29) is 60.1 Å². The fourth-order valence-corrected chi connectivity index (χ4v) is 11.8. The zero-order valence-electron chi connectivity index (χ0n) is 64.2. The number of carbonyl (C=O) groups is 2. The van der Waals surface area contributed by atoms with Gasteiger partial charge in [0.15, 0.2) is 0 Å². The lowest BCUT2D eigenvalue weighted by Crippen LogP contribution is -2.45. The zero-order valence-corrected chi connectivity index (χ0v) is 42.2. The highest BCUT2D eigenvalue weighted by Gasteiger charge is 2.45. The summed E-state index contributed by atoms with van der Waals surface area (Å²) in [6.07, 6.45) is -20.5. The molecule has 2 aromatic carbocycles. The number of halogens is 4. The van der Waals surface area contributed by atoms with Crippen molar-refractivity contribution in [3.63, 3.8) is 0 Å². The molecule has 6 fully saturated rings. The maximum absolute atomic E-state index is 15.1. The number of carbonyl (C=O) groups excluding carboxylic acids is 2. The lowest BCUT2D eigenvalue weighted by Gasteiger charge is -2.40. The van der Waals surface area contributed by atoms with E-state index in [9.17, 15) is 18.4 Å². The van der Waals surface area contributed by atoms with Crippen LogP contribution in [0.1, 0.15) is 244 Å². The quantitative estimate of drug-likeness (QED) is 0.106. The molecule has 6 unspecified atom stereocenters. The van der Waals surface area contributed by atoms with Crippen LogP contribution in [0.3, 0.4) is 0 Å². The number of aryl methyl sites for hydroxylation is 2. The number of piperidine rings is 2. The SMILES string of the molecule is [2H]C([2H])([2H])c1nnc(C([2H])(C)C)n1C1CC2CCC(C1)N2CCC(NC(=O)C1([2H])C([2H])([2H])C([2H])([2H])C(F)(F)C([2H])([2H])C1([2H])[2H])c1ccccc1.[2H]C([2H])([2H])c1nnc(C([2H])(C)C)n1C1CC2CCC(C1)N2CCC(NC(=O)C1([2H])C([2H])([2H])CC(F)(F)CC1([2H])[2H])c1ccccc1. The topological polar surface area (TPSA) is 126 Å². The highest BCUT2D eigenvalue weighted by atomic mass is 19.3. The van der Waals surface area contributed by atoms with Crippen molar-refractivity contribution in [2.75, 3.05) is 13.1 Å². The largest absolute Gasteiger partial charge is 0.349 e. The molecule has 6 heterocycles. The second-order valence-corrected chi connectivity index (χ2v) is 20.8. The minimum atomic E-state index is -5.24. The van der Waals surface area contributed by atoms with Gasteiger partial charge in [0, 0.05) is 129 Å². The monoisotopic (exact) mass is 1050 g/mol. The van der Waals surface area contributed by atoms with Crippen LogP contribution < -0.4 is 10.6 Å². The summed E-state index contributed by atoms with van der Waals surface area (Å²) in [7, 11) is 0. The van der Waals surface area contributed by atoms with Crippen molar-refractivity contribution in [1.29, 1.82) is 0 Å². The van der Waals surface area contributed by atoms with Gasteiger partial charge < -0.3 is 19.8 Å². The number of benzene rings is 2. The van der Waals surface area contributed by atoms with Crippen LogP contribution in [-0.4, -0.2) is 100 Å². The predicted octanol–water partition coefficient (Wildman–Crippen LogP) is 11.9. The first-order valence-corrected chi connectivity index (χ1v) is 25.6. The molecule has 6 atom stereocenters. The van der Waals surface area contributed by atoms with E-state index in [0.717, 1.165) is 25.7 Å². The van der Waals surface area contributed by atoms with Crippen LogP contribution in [0.4, 0.5) is 17.6 Å². The Labute approximate surface area is 467 Å². The molecular weight excluding hydrogens is 945 g/mol. The van der Waals surface area contributed by atoms with Gasteiger partial charge in [-0.3, -0.25) is 19.4 Å². The molecule has 6 aliphatic rings. The summed E-state index contributed by atoms with van der Waals surface area (Å²) in [5.74, 6) is -21.2. The van der Waals surface area contributed by atoms with E-state index in [4.69, 9.17) is 30.2 Å². The Hall–Kier alpha value is -4.70. The summed E-state index contributed by atoms with van der Waals surface area (Å²) in [6, 6.07) is 14.7. The van der Waals surface area contributed by atoms with Crippen molar-refractivity contribution in [3.8, 4) is 0 Å². The van der Waals surface area contributed by atoms with Crippen LogP contribution in [0.2, 0.25) is 0 Å². The smallest absolute Gasteiger partial charge is 0.248 e. The number of rotatable bonds is 16. The minimum absolute atomic E-state index is 0.0507. The van der Waals surface area contributed by atoms with Crippen LogP contribution in [0.5, 0.6) is 0 Å². The number of nitrogens with one attached hydrogen (secondary N) is 2. The molecule has 4 bridgehead atoms. The minimum Gasteiger partial charge on any atom is -0.349 e. The second-order valence-electron chi connectivity index (χ2n) is 20.8. The van der Waals surface area contributed by atoms with Crippen molar-refractivity contribution in [2.45, 2.75) is 229 Å². The molecule has 2 aromatic heterocycles. The Balaban J connectivity index is 0.000000226. The van der Waals surface area contributed by atoms with Gasteiger partial charge in [-0.1, -0.05) is 88.4 Å². The van der Waals surface area contributed by atoms with Crippen LogP contribution in [0.25, 0.3) is 0 Å². The lowest BCUT2D eigenvalue weighted by atomic mass is 9.86. The molecule has 74 heavy (non-hydrogen) atoms. The Kier molecular flexibility index (Phi) is 10.3. The first kappa shape index (κ1) is 32.8. The number of fused-ring (bicyclic) bond motifs is 4. The first-order chi connectivity index (χ1) is 43.7. The molecular formula is C58H82F4N10O2. The summed E-state index contributed by atoms with van der Waals surface area (Å²) >= 11 is 0. The normalized spacial score (nSPS) is 36.9. The van der Waals surface area contributed by atoms with Gasteiger partial charge in [-0.25, -0.2) is 17.6 Å². The third kappa shape index (κ3) is 12.6. The van der Waals surface area contributed by atoms with E-state index in [2.05, 4.69) is 40.8 Å². The number of alkyl halides is 4. The summed E-state index contributed by atoms with van der Waals surface area (Å²) in [6.45, 7) is 2.26. The van der Waals surface area contributed by atoms with Crippen molar-refractivity contribution in [2.24, 2.45) is 11.8 Å². The van der Waals surface area contributed by atoms with Gasteiger partial charge in [-0.15, -0.1) is 20.4 Å². The zero-order chi connectivity index (χ0) is 71.8. The van der Waals surface area contributed by atoms with Crippen molar-refractivity contribution < 1.29 is 57.3 Å². The molecule has 2 aliphatic carbocycles. The molecule has 4 aliphatic heterocycles. The fourth-order valence-electron chi connectivity index (χ4n) is 11.8. The molecule has 0 spiro atoms. The van der Waals surface area contributed by atoms with Crippen LogP contribution >= 0.6 is 0 Å². The number of hydrogen-bond donors (Lipinski definition) is 2. The van der Waals surface area contributed by atoms with Crippen LogP contribution in [0.15, 0.2) is 60.7 Å². The van der Waals surface area contributed by atoms with E-state index < -0.39 is 124 Å². The molecule has 10 rings (SSSR count). The lowest BCUT2D eigenvalue weighted by molar-refractivity contribution is -0.131. The predicted molar refractivity (Wildman–Crippen MR) is 279 cm³/mol. The maximum atomic E-state index is 15.1. The fraction of sp³-hybridized carbons (Fsp3) is 0.690. The standard InChI is InChI=1S/2C29H41F2N5O/c2*1-19(2)27-34-33-20(3)36(27)25-17-23-9-10-24(18-25)35(23)16-13-26(21-7-5-4-6-8-21)32-28(37)22-11-14-29(30,31)15-12-22/h2*4-8,19,22-26H,9-18H2,1-3H3,(H,32,37)/i3D3,11D2,12D2,14D2,15D2,19D,22D;3D3,11D2,12D2,19D,22D. The van der Waals surface area contributed by atoms with Gasteiger partial charge in [0.05, 0.1) is 12.1 Å². The highest BCUT2D eigenvalue weighted by molar-refractivity contribution is 5.79. The average molecular weight is 1050 g/mol. The number of aromatic nitrogens is 6.